The van der Waals surface area contributed by atoms with E-state index in [-0.39, 0.29) is 12.4 Å². The average molecular weight is 280 g/mol. The lowest BCUT2D eigenvalue weighted by atomic mass is 10.1. The molecule has 19 heavy (non-hydrogen) atoms. The molecular weight excluding hydrogens is 269 g/mol. The minimum absolute atomic E-state index is 0.226. The predicted octanol–water partition coefficient (Wildman–Crippen LogP) is 3.16. The van der Waals surface area contributed by atoms with Crippen LogP contribution in [0.5, 0.6) is 5.75 Å². The molecule has 0 fully saturated rings. The van der Waals surface area contributed by atoms with Crippen molar-refractivity contribution in [2.24, 2.45) is 5.73 Å². The number of primary amides is 1. The lowest BCUT2D eigenvalue weighted by Crippen LogP contribution is -2.11. The maximum absolute atomic E-state index is 12.7. The maximum Gasteiger partial charge on any atom is 0.248 e. The van der Waals surface area contributed by atoms with E-state index in [1.807, 2.05) is 0 Å². The summed E-state index contributed by atoms with van der Waals surface area (Å²) >= 11 is 6.02. The van der Waals surface area contributed by atoms with Gasteiger partial charge in [-0.2, -0.15) is 0 Å². The molecule has 5 heteroatoms. The van der Waals surface area contributed by atoms with E-state index in [9.17, 15) is 9.18 Å². The second-order valence-electron chi connectivity index (χ2n) is 3.91. The number of carbonyl (C=O) groups is 1. The number of carbonyl (C=O) groups excluding carboxylic acids is 1. The SMILES string of the molecule is NC(=O)c1ccc(COc2ccc(F)cc2)c(Cl)c1. The highest BCUT2D eigenvalue weighted by molar-refractivity contribution is 6.31. The number of rotatable bonds is 4. The highest BCUT2D eigenvalue weighted by Gasteiger charge is 2.06. The van der Waals surface area contributed by atoms with Crippen LogP contribution in [0.3, 0.4) is 0 Å². The molecule has 98 valence electrons. The third kappa shape index (κ3) is 3.45. The van der Waals surface area contributed by atoms with Crippen LogP contribution in [0.4, 0.5) is 4.39 Å². The molecule has 1 amide bonds. The van der Waals surface area contributed by atoms with Gasteiger partial charge in [0, 0.05) is 16.1 Å². The summed E-state index contributed by atoms with van der Waals surface area (Å²) < 4.78 is 18.2. The summed E-state index contributed by atoms with van der Waals surface area (Å²) in [5, 5.41) is 0.401. The van der Waals surface area contributed by atoms with Gasteiger partial charge in [0.15, 0.2) is 0 Å². The first-order valence-electron chi connectivity index (χ1n) is 5.53. The van der Waals surface area contributed by atoms with E-state index in [0.717, 1.165) is 5.56 Å². The lowest BCUT2D eigenvalue weighted by Gasteiger charge is -2.08. The molecule has 2 aromatic carbocycles. The van der Waals surface area contributed by atoms with Gasteiger partial charge < -0.3 is 10.5 Å². The van der Waals surface area contributed by atoms with E-state index in [1.165, 1.54) is 30.3 Å². The third-order valence-corrected chi connectivity index (χ3v) is 2.90. The molecule has 2 aromatic rings. The smallest absolute Gasteiger partial charge is 0.248 e. The Morgan fingerprint density at radius 2 is 1.89 bits per heavy atom. The molecule has 0 aromatic heterocycles. The largest absolute Gasteiger partial charge is 0.489 e. The van der Waals surface area contributed by atoms with Gasteiger partial charge in [-0.3, -0.25) is 4.79 Å². The fourth-order valence-electron chi connectivity index (χ4n) is 1.51. The Balaban J connectivity index is 2.07. The van der Waals surface area contributed by atoms with Crippen molar-refractivity contribution < 1.29 is 13.9 Å². The van der Waals surface area contributed by atoms with Crippen molar-refractivity contribution in [2.75, 3.05) is 0 Å². The highest BCUT2D eigenvalue weighted by Crippen LogP contribution is 2.20. The second kappa shape index (κ2) is 5.71. The topological polar surface area (TPSA) is 52.3 Å². The zero-order valence-corrected chi connectivity index (χ0v) is 10.7. The molecule has 2 rings (SSSR count). The zero-order valence-electron chi connectivity index (χ0n) is 9.90. The van der Waals surface area contributed by atoms with Crippen LogP contribution in [0.15, 0.2) is 42.5 Å². The van der Waals surface area contributed by atoms with E-state index in [4.69, 9.17) is 22.1 Å². The van der Waals surface area contributed by atoms with Gasteiger partial charge in [0.1, 0.15) is 18.2 Å². The minimum atomic E-state index is -0.534. The van der Waals surface area contributed by atoms with Gasteiger partial charge >= 0.3 is 0 Å². The van der Waals surface area contributed by atoms with Crippen LogP contribution >= 0.6 is 11.6 Å². The van der Waals surface area contributed by atoms with Crippen LogP contribution in [0, 0.1) is 5.82 Å². The summed E-state index contributed by atoms with van der Waals surface area (Å²) in [6, 6.07) is 10.4. The van der Waals surface area contributed by atoms with E-state index in [1.54, 1.807) is 12.1 Å². The summed E-state index contributed by atoms with van der Waals surface area (Å²) in [4.78, 5) is 11.0. The van der Waals surface area contributed by atoms with Crippen molar-refractivity contribution >= 4 is 17.5 Å². The van der Waals surface area contributed by atoms with E-state index >= 15 is 0 Å². The highest BCUT2D eigenvalue weighted by atomic mass is 35.5. The summed E-state index contributed by atoms with van der Waals surface area (Å²) in [6.07, 6.45) is 0. The molecular formula is C14H11ClFNO2. The van der Waals surface area contributed by atoms with Crippen molar-refractivity contribution in [2.45, 2.75) is 6.61 Å². The van der Waals surface area contributed by atoms with Gasteiger partial charge in [0.2, 0.25) is 5.91 Å². The van der Waals surface area contributed by atoms with Crippen molar-refractivity contribution in [3.05, 3.63) is 64.4 Å². The first-order chi connectivity index (χ1) is 9.06. The molecule has 0 saturated carbocycles. The molecule has 0 radical (unpaired) electrons. The quantitative estimate of drug-likeness (QED) is 0.935. The normalized spacial score (nSPS) is 10.2. The van der Waals surface area contributed by atoms with Gasteiger partial charge in [-0.25, -0.2) is 4.39 Å². The van der Waals surface area contributed by atoms with Gasteiger partial charge in [0.05, 0.1) is 0 Å². The molecule has 0 saturated heterocycles. The van der Waals surface area contributed by atoms with Crippen LogP contribution in [-0.4, -0.2) is 5.91 Å². The predicted molar refractivity (Wildman–Crippen MR) is 70.7 cm³/mol. The number of halogens is 2. The van der Waals surface area contributed by atoms with Crippen LogP contribution < -0.4 is 10.5 Å². The van der Waals surface area contributed by atoms with Crippen molar-refractivity contribution in [1.29, 1.82) is 0 Å². The standard InChI is InChI=1S/C14H11ClFNO2/c15-13-7-9(14(17)18)1-2-10(13)8-19-12-5-3-11(16)4-6-12/h1-7H,8H2,(H2,17,18). The van der Waals surface area contributed by atoms with Crippen molar-refractivity contribution in [3.8, 4) is 5.75 Å². The number of benzene rings is 2. The van der Waals surface area contributed by atoms with Crippen LogP contribution in [0.25, 0.3) is 0 Å². The Kier molecular flexibility index (Phi) is 4.02. The fraction of sp³-hybridized carbons (Fsp3) is 0.0714. The van der Waals surface area contributed by atoms with Crippen molar-refractivity contribution in [3.63, 3.8) is 0 Å². The summed E-state index contributed by atoms with van der Waals surface area (Å²) in [5.74, 6) is -0.319. The van der Waals surface area contributed by atoms with Gasteiger partial charge in [-0.15, -0.1) is 0 Å². The average Bonchev–Trinajstić information content (AvgIpc) is 2.39. The van der Waals surface area contributed by atoms with Gasteiger partial charge in [-0.05, 0) is 36.4 Å². The molecule has 0 atom stereocenters. The van der Waals surface area contributed by atoms with Gasteiger partial charge in [-0.1, -0.05) is 17.7 Å². The van der Waals surface area contributed by atoms with Crippen LogP contribution in [0.2, 0.25) is 5.02 Å². The summed E-state index contributed by atoms with van der Waals surface area (Å²) in [7, 11) is 0. The summed E-state index contributed by atoms with van der Waals surface area (Å²) in [5.41, 5.74) is 6.21. The lowest BCUT2D eigenvalue weighted by molar-refractivity contribution is 0.1000. The first-order valence-corrected chi connectivity index (χ1v) is 5.90. The molecule has 3 nitrogen and oxygen atoms in total. The van der Waals surface area contributed by atoms with E-state index in [2.05, 4.69) is 0 Å². The van der Waals surface area contributed by atoms with Crippen LogP contribution in [-0.2, 0) is 6.61 Å². The molecule has 2 N–H and O–H groups in total. The van der Waals surface area contributed by atoms with Crippen molar-refractivity contribution in [1.82, 2.24) is 0 Å². The number of amides is 1. The Hall–Kier alpha value is -2.07. The molecule has 0 aliphatic rings. The Morgan fingerprint density at radius 3 is 2.47 bits per heavy atom. The number of nitrogens with two attached hydrogens (primary N) is 1. The molecule has 0 heterocycles. The molecule has 0 aliphatic carbocycles. The third-order valence-electron chi connectivity index (χ3n) is 2.55. The van der Waals surface area contributed by atoms with E-state index in [0.29, 0.717) is 16.3 Å². The van der Waals surface area contributed by atoms with E-state index < -0.39 is 5.91 Å². The molecule has 0 aliphatic heterocycles. The number of hydrogen-bond acceptors (Lipinski definition) is 2. The monoisotopic (exact) mass is 279 g/mol. The van der Waals surface area contributed by atoms with Gasteiger partial charge in [0.25, 0.3) is 0 Å². The molecule has 0 bridgehead atoms. The Bertz CT molecular complexity index is 599. The Morgan fingerprint density at radius 1 is 1.21 bits per heavy atom. The van der Waals surface area contributed by atoms with Crippen LogP contribution in [0.1, 0.15) is 15.9 Å². The molecule has 0 spiro atoms. The minimum Gasteiger partial charge on any atom is -0.489 e. The Labute approximate surface area is 114 Å². The number of hydrogen-bond donors (Lipinski definition) is 1. The maximum atomic E-state index is 12.7. The molecule has 0 unspecified atom stereocenters. The second-order valence-corrected chi connectivity index (χ2v) is 4.32. The zero-order chi connectivity index (χ0) is 13.8. The number of ether oxygens (including phenoxy) is 1. The fourth-order valence-corrected chi connectivity index (χ4v) is 1.74. The summed E-state index contributed by atoms with van der Waals surface area (Å²) in [6.45, 7) is 0.226. The first kappa shape index (κ1) is 13.4.